The van der Waals surface area contributed by atoms with Crippen molar-refractivity contribution in [2.75, 3.05) is 0 Å². The summed E-state index contributed by atoms with van der Waals surface area (Å²) in [6.07, 6.45) is 22.9. The molecule has 0 spiro atoms. The molecule has 0 atom stereocenters. The highest BCUT2D eigenvalue weighted by Gasteiger charge is 2.38. The van der Waals surface area contributed by atoms with E-state index in [1.54, 1.807) is 36.4 Å². The molecule has 0 fully saturated rings. The summed E-state index contributed by atoms with van der Waals surface area (Å²) in [7, 11) is -8.36. The third-order valence-corrected chi connectivity index (χ3v) is 13.3. The lowest BCUT2D eigenvalue weighted by Gasteiger charge is -2.17. The predicted molar refractivity (Wildman–Crippen MR) is 205 cm³/mol. The third kappa shape index (κ3) is 14.9. The van der Waals surface area contributed by atoms with Gasteiger partial charge in [-0.05, 0) is 137 Å². The minimum absolute atomic E-state index is 0.00645. The van der Waals surface area contributed by atoms with Gasteiger partial charge in [0.05, 0.1) is 9.79 Å². The predicted octanol–water partition coefficient (Wildman–Crippen LogP) is 11.9. The molecule has 0 bridgehead atoms. The average molecular weight is 691 g/mol. The van der Waals surface area contributed by atoms with Crippen LogP contribution in [0.2, 0.25) is 0 Å². The van der Waals surface area contributed by atoms with E-state index < -0.39 is 24.3 Å². The fourth-order valence-electron chi connectivity index (χ4n) is 5.33. The number of benzene rings is 2. The van der Waals surface area contributed by atoms with Crippen LogP contribution in [0, 0.1) is 0 Å². The average Bonchev–Trinajstić information content (AvgIpc) is 3.04. The van der Waals surface area contributed by atoms with Crippen LogP contribution >= 0.6 is 0 Å². The highest BCUT2D eigenvalue weighted by molar-refractivity contribution is 8.09. The minimum atomic E-state index is -4.18. The monoisotopic (exact) mass is 690 g/mol. The Morgan fingerprint density at radius 1 is 0.458 bits per heavy atom. The van der Waals surface area contributed by atoms with Crippen LogP contribution < -0.4 is 0 Å². The zero-order valence-corrected chi connectivity index (χ0v) is 32.0. The lowest BCUT2D eigenvalue weighted by atomic mass is 10.0. The van der Waals surface area contributed by atoms with Gasteiger partial charge in [0.2, 0.25) is 0 Å². The van der Waals surface area contributed by atoms with Crippen molar-refractivity contribution in [2.45, 2.75) is 127 Å². The normalized spacial score (nSPS) is 14.0. The third-order valence-electron chi connectivity index (χ3n) is 8.39. The van der Waals surface area contributed by atoms with Gasteiger partial charge in [0.25, 0.3) is 0 Å². The maximum Gasteiger partial charge on any atom is 0.199 e. The van der Waals surface area contributed by atoms with Gasteiger partial charge in [-0.1, -0.05) is 106 Å². The van der Waals surface area contributed by atoms with E-state index in [2.05, 4.69) is 71.9 Å². The Kier molecular flexibility index (Phi) is 17.9. The number of allylic oxidation sites excluding steroid dienone is 11. The van der Waals surface area contributed by atoms with Crippen LogP contribution in [0.4, 0.5) is 0 Å². The quantitative estimate of drug-likeness (QED) is 0.130. The van der Waals surface area contributed by atoms with Gasteiger partial charge in [-0.25, -0.2) is 16.8 Å². The van der Waals surface area contributed by atoms with Gasteiger partial charge < -0.3 is 0 Å². The van der Waals surface area contributed by atoms with Crippen LogP contribution in [0.15, 0.2) is 140 Å². The molecule has 48 heavy (non-hydrogen) atoms. The van der Waals surface area contributed by atoms with E-state index in [9.17, 15) is 16.8 Å². The maximum absolute atomic E-state index is 13.6. The highest BCUT2D eigenvalue weighted by atomic mass is 32.3. The van der Waals surface area contributed by atoms with Crippen molar-refractivity contribution in [2.24, 2.45) is 0 Å². The molecule has 2 rings (SSSR count). The molecule has 0 unspecified atom stereocenters. The molecule has 0 radical (unpaired) electrons. The summed E-state index contributed by atoms with van der Waals surface area (Å²) in [6, 6.07) is 15.6. The topological polar surface area (TPSA) is 68.3 Å². The SMILES string of the molecule is CC(C)=CCCC(C)=CCCC(C)=CCCC(C)=CCCC(C)=CCCC(C)=CC(S(=O)(=O)c1ccccc1)S(=O)(=O)c1ccccc1. The first-order valence-corrected chi connectivity index (χ1v) is 20.3. The van der Waals surface area contributed by atoms with E-state index in [4.69, 9.17) is 0 Å². The van der Waals surface area contributed by atoms with Crippen LogP contribution in [0.3, 0.4) is 0 Å². The van der Waals surface area contributed by atoms with Crippen LogP contribution in [-0.2, 0) is 19.7 Å². The summed E-state index contributed by atoms with van der Waals surface area (Å²) in [5.41, 5.74) is 7.74. The molecule has 2 aromatic carbocycles. The van der Waals surface area contributed by atoms with Crippen molar-refractivity contribution < 1.29 is 16.8 Å². The minimum Gasteiger partial charge on any atom is -0.222 e. The van der Waals surface area contributed by atoms with E-state index in [0.29, 0.717) is 12.8 Å². The zero-order chi connectivity index (χ0) is 35.6. The Balaban J connectivity index is 1.90. The molecule has 0 amide bonds. The first kappa shape index (κ1) is 41.0. The second kappa shape index (κ2) is 21.0. The second-order valence-electron chi connectivity index (χ2n) is 13.3. The van der Waals surface area contributed by atoms with Gasteiger partial charge >= 0.3 is 0 Å². The first-order valence-electron chi connectivity index (χ1n) is 17.2. The Hall–Kier alpha value is -3.22. The van der Waals surface area contributed by atoms with Crippen molar-refractivity contribution in [1.29, 1.82) is 0 Å². The fraction of sp³-hybridized carbons (Fsp3) is 0.429. The molecule has 0 N–H and O–H groups in total. The Labute approximate surface area is 293 Å². The molecule has 6 heteroatoms. The summed E-state index contributed by atoms with van der Waals surface area (Å²) >= 11 is 0. The van der Waals surface area contributed by atoms with Gasteiger partial charge in [-0.2, -0.15) is 0 Å². The largest absolute Gasteiger partial charge is 0.222 e. The zero-order valence-electron chi connectivity index (χ0n) is 30.3. The van der Waals surface area contributed by atoms with Crippen molar-refractivity contribution in [3.05, 3.63) is 131 Å². The lowest BCUT2D eigenvalue weighted by Crippen LogP contribution is -2.29. The Morgan fingerprint density at radius 3 is 1.06 bits per heavy atom. The first-order chi connectivity index (χ1) is 22.7. The molecule has 2 aromatic rings. The maximum atomic E-state index is 13.6. The smallest absolute Gasteiger partial charge is 0.199 e. The van der Waals surface area contributed by atoms with Crippen molar-refractivity contribution in [3.8, 4) is 0 Å². The van der Waals surface area contributed by atoms with E-state index in [0.717, 1.165) is 56.9 Å². The summed E-state index contributed by atoms with van der Waals surface area (Å²) in [5, 5.41) is 0. The summed E-state index contributed by atoms with van der Waals surface area (Å²) < 4.78 is 52.7. The van der Waals surface area contributed by atoms with Gasteiger partial charge in [0.1, 0.15) is 0 Å². The lowest BCUT2D eigenvalue weighted by molar-refractivity contribution is 0.581. The van der Waals surface area contributed by atoms with Crippen molar-refractivity contribution in [3.63, 3.8) is 0 Å². The summed E-state index contributed by atoms with van der Waals surface area (Å²) in [4.78, 5) is -0.0129. The Bertz CT molecular complexity index is 1610. The molecule has 0 aromatic heterocycles. The molecule has 0 aliphatic rings. The van der Waals surface area contributed by atoms with Crippen LogP contribution in [-0.4, -0.2) is 21.4 Å². The van der Waals surface area contributed by atoms with Crippen LogP contribution in [0.5, 0.6) is 0 Å². The van der Waals surface area contributed by atoms with E-state index in [1.807, 2.05) is 6.92 Å². The Morgan fingerprint density at radius 2 is 0.750 bits per heavy atom. The van der Waals surface area contributed by atoms with Gasteiger partial charge in [-0.15, -0.1) is 0 Å². The number of sulfone groups is 2. The summed E-state index contributed by atoms with van der Waals surface area (Å²) in [5.74, 6) is 0. The molecule has 4 nitrogen and oxygen atoms in total. The number of rotatable bonds is 20. The molecular weight excluding hydrogens is 633 g/mol. The molecule has 0 saturated carbocycles. The standard InChI is InChI=1S/C42H58O4S2/c1-34(2)19-14-20-35(3)21-15-22-36(4)23-16-24-37(5)25-17-26-38(6)27-18-28-39(7)33-42(47(43,44)40-29-10-8-11-30-40)48(45,46)41-31-12-9-13-32-41/h8-13,19,21,23,25,27,29-33,42H,14-18,20,22,24,26,28H2,1-7H3. The van der Waals surface area contributed by atoms with Gasteiger partial charge in [0.15, 0.2) is 24.3 Å². The van der Waals surface area contributed by atoms with Crippen molar-refractivity contribution >= 4 is 19.7 Å². The van der Waals surface area contributed by atoms with Crippen LogP contribution in [0.1, 0.15) is 113 Å². The van der Waals surface area contributed by atoms with Gasteiger partial charge in [0, 0.05) is 0 Å². The molecule has 0 heterocycles. The molecule has 0 aliphatic heterocycles. The number of hydrogen-bond donors (Lipinski definition) is 0. The van der Waals surface area contributed by atoms with E-state index >= 15 is 0 Å². The van der Waals surface area contributed by atoms with Crippen LogP contribution in [0.25, 0.3) is 0 Å². The highest BCUT2D eigenvalue weighted by Crippen LogP contribution is 2.28. The second-order valence-corrected chi connectivity index (χ2v) is 17.7. The van der Waals surface area contributed by atoms with E-state index in [-0.39, 0.29) is 9.79 Å². The molecule has 0 saturated heterocycles. The molecule has 262 valence electrons. The van der Waals surface area contributed by atoms with Gasteiger partial charge in [-0.3, -0.25) is 0 Å². The molecular formula is C42H58O4S2. The fourth-order valence-corrected chi connectivity index (χ4v) is 9.77. The molecule has 0 aliphatic carbocycles. The van der Waals surface area contributed by atoms with E-state index in [1.165, 1.54) is 58.2 Å². The summed E-state index contributed by atoms with van der Waals surface area (Å²) in [6.45, 7) is 14.9. The number of hydrogen-bond acceptors (Lipinski definition) is 4. The van der Waals surface area contributed by atoms with Crippen molar-refractivity contribution in [1.82, 2.24) is 0 Å².